The van der Waals surface area contributed by atoms with E-state index in [1.165, 1.54) is 0 Å². The number of benzene rings is 1. The fourth-order valence-electron chi connectivity index (χ4n) is 1.40. The maximum absolute atomic E-state index is 11.7. The molecule has 0 aliphatic rings. The number of rotatable bonds is 3. The molecule has 0 spiro atoms. The van der Waals surface area contributed by atoms with Crippen LogP contribution in [0.1, 0.15) is 26.3 Å². The second-order valence-electron chi connectivity index (χ2n) is 5.32. The molecule has 0 saturated carbocycles. The lowest BCUT2D eigenvalue weighted by Gasteiger charge is -2.19. The van der Waals surface area contributed by atoms with Crippen LogP contribution in [0.3, 0.4) is 0 Å². The molecule has 1 rings (SSSR count). The van der Waals surface area contributed by atoms with Crippen molar-refractivity contribution in [1.29, 1.82) is 0 Å². The van der Waals surface area contributed by atoms with Gasteiger partial charge in [0.1, 0.15) is 12.1 Å². The van der Waals surface area contributed by atoms with Crippen molar-refractivity contribution in [3.8, 4) is 0 Å². The monoisotopic (exact) mass is 298 g/mol. The summed E-state index contributed by atoms with van der Waals surface area (Å²) < 4.78 is 5.03. The average Bonchev–Trinajstić information content (AvgIpc) is 2.30. The molecule has 5 nitrogen and oxygen atoms in total. The van der Waals surface area contributed by atoms with Crippen LogP contribution >= 0.6 is 11.6 Å². The van der Waals surface area contributed by atoms with Crippen molar-refractivity contribution < 1.29 is 14.3 Å². The Hall–Kier alpha value is -1.75. The van der Waals surface area contributed by atoms with Gasteiger partial charge in [-0.1, -0.05) is 17.7 Å². The van der Waals surface area contributed by atoms with E-state index in [1.54, 1.807) is 45.9 Å². The minimum absolute atomic E-state index is 0.166. The minimum atomic E-state index is -0.629. The molecule has 0 bridgehead atoms. The molecule has 0 aliphatic heterocycles. The van der Waals surface area contributed by atoms with E-state index in [2.05, 4.69) is 10.6 Å². The highest BCUT2D eigenvalue weighted by Gasteiger charge is 2.16. The van der Waals surface area contributed by atoms with E-state index >= 15 is 0 Å². The van der Waals surface area contributed by atoms with Crippen molar-refractivity contribution in [2.24, 2.45) is 0 Å². The number of anilines is 1. The molecule has 0 saturated heterocycles. The summed E-state index contributed by atoms with van der Waals surface area (Å²) >= 11 is 5.96. The Balaban J connectivity index is 2.49. The zero-order valence-electron chi connectivity index (χ0n) is 12.0. The highest BCUT2D eigenvalue weighted by molar-refractivity contribution is 6.31. The summed E-state index contributed by atoms with van der Waals surface area (Å²) in [5, 5.41) is 5.63. The molecule has 2 N–H and O–H groups in total. The van der Waals surface area contributed by atoms with Gasteiger partial charge in [0, 0.05) is 10.7 Å². The first-order valence-corrected chi connectivity index (χ1v) is 6.58. The van der Waals surface area contributed by atoms with Gasteiger partial charge in [-0.3, -0.25) is 4.79 Å². The number of ether oxygens (including phenoxy) is 1. The Morgan fingerprint density at radius 2 is 1.95 bits per heavy atom. The number of carbonyl (C=O) groups is 2. The van der Waals surface area contributed by atoms with Crippen LogP contribution in [0.5, 0.6) is 0 Å². The fraction of sp³-hybridized carbons (Fsp3) is 0.429. The van der Waals surface area contributed by atoms with Crippen molar-refractivity contribution in [2.75, 3.05) is 11.9 Å². The van der Waals surface area contributed by atoms with E-state index in [-0.39, 0.29) is 12.5 Å². The van der Waals surface area contributed by atoms with Crippen LogP contribution in [0.2, 0.25) is 5.02 Å². The van der Waals surface area contributed by atoms with Crippen LogP contribution in [0, 0.1) is 6.92 Å². The van der Waals surface area contributed by atoms with E-state index in [0.717, 1.165) is 5.56 Å². The van der Waals surface area contributed by atoms with Gasteiger partial charge in [0.15, 0.2) is 0 Å². The summed E-state index contributed by atoms with van der Waals surface area (Å²) in [7, 11) is 0. The van der Waals surface area contributed by atoms with Crippen molar-refractivity contribution >= 4 is 29.3 Å². The predicted octanol–water partition coefficient (Wildman–Crippen LogP) is 3.11. The Bertz CT molecular complexity index is 510. The van der Waals surface area contributed by atoms with E-state index in [0.29, 0.717) is 10.7 Å². The van der Waals surface area contributed by atoms with E-state index in [1.807, 2.05) is 0 Å². The summed E-state index contributed by atoms with van der Waals surface area (Å²) in [5.74, 6) is -0.346. The number of halogens is 1. The van der Waals surface area contributed by atoms with Crippen LogP contribution in [0.25, 0.3) is 0 Å². The molecule has 0 radical (unpaired) electrons. The first-order valence-electron chi connectivity index (χ1n) is 6.21. The van der Waals surface area contributed by atoms with Gasteiger partial charge in [0.2, 0.25) is 5.91 Å². The smallest absolute Gasteiger partial charge is 0.408 e. The van der Waals surface area contributed by atoms with Crippen LogP contribution in [-0.2, 0) is 9.53 Å². The van der Waals surface area contributed by atoms with Crippen LogP contribution in [-0.4, -0.2) is 24.1 Å². The summed E-state index contributed by atoms with van der Waals surface area (Å²) in [6, 6.07) is 5.23. The number of carbonyl (C=O) groups excluding carboxylic acids is 2. The highest BCUT2D eigenvalue weighted by Crippen LogP contribution is 2.22. The quantitative estimate of drug-likeness (QED) is 0.901. The lowest BCUT2D eigenvalue weighted by molar-refractivity contribution is -0.115. The molecular formula is C14H19ClN2O3. The topological polar surface area (TPSA) is 67.4 Å². The molecule has 20 heavy (non-hydrogen) atoms. The summed E-state index contributed by atoms with van der Waals surface area (Å²) in [5.41, 5.74) is 0.803. The molecule has 0 aromatic heterocycles. The van der Waals surface area contributed by atoms with Gasteiger partial charge in [0.05, 0.1) is 0 Å². The number of hydrogen-bond acceptors (Lipinski definition) is 3. The molecule has 0 aliphatic carbocycles. The third-order valence-electron chi connectivity index (χ3n) is 2.33. The molecule has 0 heterocycles. The van der Waals surface area contributed by atoms with Crippen LogP contribution in [0.4, 0.5) is 10.5 Å². The summed E-state index contributed by atoms with van der Waals surface area (Å²) in [6.45, 7) is 6.89. The molecule has 2 amide bonds. The zero-order valence-corrected chi connectivity index (χ0v) is 12.8. The first-order chi connectivity index (χ1) is 9.19. The third kappa shape index (κ3) is 5.48. The van der Waals surface area contributed by atoms with Crippen molar-refractivity contribution in [3.63, 3.8) is 0 Å². The normalized spacial score (nSPS) is 10.8. The summed E-state index contributed by atoms with van der Waals surface area (Å²) in [6.07, 6.45) is -0.629. The van der Waals surface area contributed by atoms with Gasteiger partial charge < -0.3 is 15.4 Å². The van der Waals surface area contributed by atoms with Gasteiger partial charge in [0.25, 0.3) is 0 Å². The van der Waals surface area contributed by atoms with Gasteiger partial charge in [-0.15, -0.1) is 0 Å². The number of alkyl carbamates (subject to hydrolysis) is 1. The Labute approximate surface area is 123 Å². The number of hydrogen-bond donors (Lipinski definition) is 2. The Morgan fingerprint density at radius 1 is 1.30 bits per heavy atom. The lowest BCUT2D eigenvalue weighted by atomic mass is 10.2. The average molecular weight is 299 g/mol. The van der Waals surface area contributed by atoms with E-state index < -0.39 is 11.7 Å². The molecule has 0 unspecified atom stereocenters. The lowest BCUT2D eigenvalue weighted by Crippen LogP contribution is -2.37. The SMILES string of the molecule is Cc1c(Cl)cccc1NC(=O)CNC(=O)OC(C)(C)C. The molecule has 0 atom stereocenters. The van der Waals surface area contributed by atoms with Crippen molar-refractivity contribution in [2.45, 2.75) is 33.3 Å². The molecule has 0 fully saturated rings. The third-order valence-corrected chi connectivity index (χ3v) is 2.74. The molecule has 6 heteroatoms. The number of amides is 2. The molecule has 1 aromatic carbocycles. The van der Waals surface area contributed by atoms with Crippen LogP contribution in [0.15, 0.2) is 18.2 Å². The number of nitrogens with one attached hydrogen (secondary N) is 2. The fourth-order valence-corrected chi connectivity index (χ4v) is 1.58. The predicted molar refractivity (Wildman–Crippen MR) is 79.1 cm³/mol. The Kier molecular flexibility index (Phi) is 5.39. The second-order valence-corrected chi connectivity index (χ2v) is 5.72. The zero-order chi connectivity index (χ0) is 15.3. The van der Waals surface area contributed by atoms with Crippen LogP contribution < -0.4 is 10.6 Å². The molecule has 110 valence electrons. The Morgan fingerprint density at radius 3 is 2.55 bits per heavy atom. The molecular weight excluding hydrogens is 280 g/mol. The molecule has 1 aromatic rings. The minimum Gasteiger partial charge on any atom is -0.444 e. The second kappa shape index (κ2) is 6.61. The van der Waals surface area contributed by atoms with Gasteiger partial charge in [-0.05, 0) is 45.4 Å². The summed E-state index contributed by atoms with van der Waals surface area (Å²) in [4.78, 5) is 23.1. The standard InChI is InChI=1S/C14H19ClN2O3/c1-9-10(15)6-5-7-11(9)17-12(18)8-16-13(19)20-14(2,3)4/h5-7H,8H2,1-4H3,(H,16,19)(H,17,18). The van der Waals surface area contributed by atoms with Gasteiger partial charge in [-0.25, -0.2) is 4.79 Å². The van der Waals surface area contributed by atoms with Crippen molar-refractivity contribution in [3.05, 3.63) is 28.8 Å². The maximum Gasteiger partial charge on any atom is 0.408 e. The van der Waals surface area contributed by atoms with Crippen molar-refractivity contribution in [1.82, 2.24) is 5.32 Å². The largest absolute Gasteiger partial charge is 0.444 e. The maximum atomic E-state index is 11.7. The first kappa shape index (κ1) is 16.3. The van der Waals surface area contributed by atoms with Gasteiger partial charge in [-0.2, -0.15) is 0 Å². The van der Waals surface area contributed by atoms with E-state index in [9.17, 15) is 9.59 Å². The highest BCUT2D eigenvalue weighted by atomic mass is 35.5. The van der Waals surface area contributed by atoms with E-state index in [4.69, 9.17) is 16.3 Å². The van der Waals surface area contributed by atoms with Gasteiger partial charge >= 0.3 is 6.09 Å².